The van der Waals surface area contributed by atoms with Crippen LogP contribution in [-0.4, -0.2) is 30.9 Å². The zero-order valence-electron chi connectivity index (χ0n) is 20.5. The van der Waals surface area contributed by atoms with Gasteiger partial charge in [0.15, 0.2) is 0 Å². The molecule has 6 nitrogen and oxygen atoms in total. The van der Waals surface area contributed by atoms with Gasteiger partial charge >= 0.3 is 6.03 Å². The first-order valence-electron chi connectivity index (χ1n) is 11.8. The van der Waals surface area contributed by atoms with Crippen LogP contribution in [0.15, 0.2) is 78.4 Å². The Balaban J connectivity index is 1.83. The Kier molecular flexibility index (Phi) is 6.82. The van der Waals surface area contributed by atoms with Gasteiger partial charge in [-0.15, -0.1) is 0 Å². The minimum Gasteiger partial charge on any atom is -0.372 e. The van der Waals surface area contributed by atoms with Gasteiger partial charge in [0.05, 0.1) is 11.4 Å². The number of anilines is 3. The molecule has 1 fully saturated rings. The maximum Gasteiger partial charge on any atom is 0.343 e. The van der Waals surface area contributed by atoms with E-state index in [1.165, 1.54) is 0 Å². The van der Waals surface area contributed by atoms with Gasteiger partial charge in [-0.2, -0.15) is 0 Å². The molecule has 3 aromatic rings. The lowest BCUT2D eigenvalue weighted by molar-refractivity contribution is -0.121. The van der Waals surface area contributed by atoms with Gasteiger partial charge in [-0.3, -0.25) is 9.59 Å². The van der Waals surface area contributed by atoms with Crippen molar-refractivity contribution >= 4 is 41.0 Å². The summed E-state index contributed by atoms with van der Waals surface area (Å²) in [7, 11) is 0. The molecule has 3 aromatic carbocycles. The summed E-state index contributed by atoms with van der Waals surface area (Å²) in [5, 5.41) is 0. The third kappa shape index (κ3) is 4.47. The Labute approximate surface area is 206 Å². The fraction of sp³-hybridized carbons (Fsp3) is 0.207. The molecule has 6 heteroatoms. The van der Waals surface area contributed by atoms with Crippen LogP contribution in [0.1, 0.15) is 30.5 Å². The number of imide groups is 2. The number of rotatable bonds is 6. The monoisotopic (exact) mass is 467 g/mol. The second-order valence-corrected chi connectivity index (χ2v) is 8.46. The van der Waals surface area contributed by atoms with Crippen LogP contribution < -0.4 is 14.7 Å². The summed E-state index contributed by atoms with van der Waals surface area (Å²) in [6.45, 7) is 9.62. The van der Waals surface area contributed by atoms with Crippen LogP contribution in [0.3, 0.4) is 0 Å². The minimum absolute atomic E-state index is 0.0632. The van der Waals surface area contributed by atoms with Crippen LogP contribution in [0, 0.1) is 13.8 Å². The van der Waals surface area contributed by atoms with Crippen LogP contribution >= 0.6 is 0 Å². The Morgan fingerprint density at radius 2 is 1.14 bits per heavy atom. The molecule has 4 rings (SSSR count). The van der Waals surface area contributed by atoms with Crippen molar-refractivity contribution in [3.05, 3.63) is 95.1 Å². The molecule has 1 aliphatic rings. The molecule has 0 spiro atoms. The highest BCUT2D eigenvalue weighted by molar-refractivity contribution is 6.46. The van der Waals surface area contributed by atoms with E-state index < -0.39 is 17.8 Å². The number of carbonyl (C=O) groups excluding carboxylic acids is 3. The highest BCUT2D eigenvalue weighted by Gasteiger charge is 2.44. The maximum atomic E-state index is 13.6. The average molecular weight is 468 g/mol. The summed E-state index contributed by atoms with van der Waals surface area (Å²) in [6.07, 6.45) is 1.57. The number of carbonyl (C=O) groups is 3. The van der Waals surface area contributed by atoms with Gasteiger partial charge in [-0.25, -0.2) is 14.6 Å². The van der Waals surface area contributed by atoms with Crippen molar-refractivity contribution in [2.24, 2.45) is 0 Å². The van der Waals surface area contributed by atoms with Gasteiger partial charge in [-0.05, 0) is 74.7 Å². The highest BCUT2D eigenvalue weighted by atomic mass is 16.2. The number of hydrogen-bond donors (Lipinski definition) is 0. The molecule has 1 aliphatic heterocycles. The molecule has 0 unspecified atom stereocenters. The third-order valence-electron chi connectivity index (χ3n) is 6.29. The fourth-order valence-electron chi connectivity index (χ4n) is 4.32. The molecule has 0 aliphatic carbocycles. The number of benzene rings is 3. The SMILES string of the molecule is CCN(CC)c1ccc(C=C2C(=O)N(c3ccccc3C)C(=O)N(c3ccccc3C)C2=O)cc1. The Morgan fingerprint density at radius 3 is 1.57 bits per heavy atom. The van der Waals surface area contributed by atoms with Gasteiger partial charge in [0.25, 0.3) is 11.8 Å². The van der Waals surface area contributed by atoms with Crippen molar-refractivity contribution in [2.75, 3.05) is 27.8 Å². The fourth-order valence-corrected chi connectivity index (χ4v) is 4.32. The molecule has 35 heavy (non-hydrogen) atoms. The van der Waals surface area contributed by atoms with E-state index in [1.807, 2.05) is 62.4 Å². The molecule has 1 heterocycles. The Bertz CT molecular complexity index is 1240. The van der Waals surface area contributed by atoms with Gasteiger partial charge < -0.3 is 4.90 Å². The van der Waals surface area contributed by atoms with Gasteiger partial charge in [0, 0.05) is 18.8 Å². The number of barbiturate groups is 1. The van der Waals surface area contributed by atoms with E-state index in [0.717, 1.165) is 39.7 Å². The summed E-state index contributed by atoms with van der Waals surface area (Å²) in [6, 6.07) is 21.4. The predicted molar refractivity (Wildman–Crippen MR) is 141 cm³/mol. The first kappa shape index (κ1) is 24.0. The van der Waals surface area contributed by atoms with Crippen molar-refractivity contribution in [1.82, 2.24) is 0 Å². The van der Waals surface area contributed by atoms with E-state index in [9.17, 15) is 14.4 Å². The summed E-state index contributed by atoms with van der Waals surface area (Å²) >= 11 is 0. The van der Waals surface area contributed by atoms with E-state index >= 15 is 0 Å². The van der Waals surface area contributed by atoms with E-state index in [2.05, 4.69) is 18.7 Å². The number of aryl methyl sites for hydroxylation is 2. The number of hydrogen-bond acceptors (Lipinski definition) is 4. The van der Waals surface area contributed by atoms with Crippen molar-refractivity contribution < 1.29 is 14.4 Å². The van der Waals surface area contributed by atoms with Crippen LogP contribution in [0.25, 0.3) is 6.08 Å². The summed E-state index contributed by atoms with van der Waals surface area (Å²) in [5.74, 6) is -1.26. The number of nitrogens with zero attached hydrogens (tertiary/aromatic N) is 3. The van der Waals surface area contributed by atoms with Crippen LogP contribution in [0.4, 0.5) is 21.9 Å². The average Bonchev–Trinajstić information content (AvgIpc) is 2.86. The molecular weight excluding hydrogens is 438 g/mol. The zero-order chi connectivity index (χ0) is 25.1. The van der Waals surface area contributed by atoms with Crippen LogP contribution in [-0.2, 0) is 9.59 Å². The smallest absolute Gasteiger partial charge is 0.343 e. The Morgan fingerprint density at radius 1 is 0.686 bits per heavy atom. The second kappa shape index (κ2) is 9.97. The minimum atomic E-state index is -0.683. The number of amides is 4. The summed E-state index contributed by atoms with van der Waals surface area (Å²) in [5.41, 5.74) is 4.14. The van der Waals surface area contributed by atoms with E-state index in [4.69, 9.17) is 0 Å². The van der Waals surface area contributed by atoms with Crippen LogP contribution in [0.2, 0.25) is 0 Å². The standard InChI is InChI=1S/C29H29N3O3/c1-5-30(6-2)23-17-15-22(16-18-23)19-24-27(33)31(25-13-9-7-11-20(25)3)29(35)32(28(24)34)26-14-10-8-12-21(26)4/h7-19H,5-6H2,1-4H3. The molecule has 0 aromatic heterocycles. The first-order chi connectivity index (χ1) is 16.9. The predicted octanol–water partition coefficient (Wildman–Crippen LogP) is 5.73. The number of para-hydroxylation sites is 2. The number of urea groups is 1. The van der Waals surface area contributed by atoms with Crippen molar-refractivity contribution in [2.45, 2.75) is 27.7 Å². The molecule has 0 N–H and O–H groups in total. The Hall–Kier alpha value is -4.19. The van der Waals surface area contributed by atoms with Gasteiger partial charge in [0.2, 0.25) is 0 Å². The van der Waals surface area contributed by atoms with Gasteiger partial charge in [-0.1, -0.05) is 48.5 Å². The maximum absolute atomic E-state index is 13.6. The van der Waals surface area contributed by atoms with E-state index in [1.54, 1.807) is 30.3 Å². The van der Waals surface area contributed by atoms with E-state index in [0.29, 0.717) is 16.9 Å². The highest BCUT2D eigenvalue weighted by Crippen LogP contribution is 2.32. The van der Waals surface area contributed by atoms with Crippen molar-refractivity contribution in [3.63, 3.8) is 0 Å². The molecule has 4 amide bonds. The van der Waals surface area contributed by atoms with Crippen molar-refractivity contribution in [3.8, 4) is 0 Å². The first-order valence-corrected chi connectivity index (χ1v) is 11.8. The lowest BCUT2D eigenvalue weighted by Gasteiger charge is -2.35. The molecule has 0 atom stereocenters. The van der Waals surface area contributed by atoms with E-state index in [-0.39, 0.29) is 5.57 Å². The molecule has 178 valence electrons. The molecule has 0 radical (unpaired) electrons. The molecular formula is C29H29N3O3. The zero-order valence-corrected chi connectivity index (χ0v) is 20.5. The quantitative estimate of drug-likeness (QED) is 0.343. The lowest BCUT2D eigenvalue weighted by Crippen LogP contribution is -2.57. The van der Waals surface area contributed by atoms with Gasteiger partial charge in [0.1, 0.15) is 5.57 Å². The molecule has 0 bridgehead atoms. The second-order valence-electron chi connectivity index (χ2n) is 8.46. The molecule has 0 saturated carbocycles. The summed E-state index contributed by atoms with van der Waals surface area (Å²) < 4.78 is 0. The topological polar surface area (TPSA) is 60.9 Å². The summed E-state index contributed by atoms with van der Waals surface area (Å²) in [4.78, 5) is 45.2. The normalized spacial score (nSPS) is 13.9. The van der Waals surface area contributed by atoms with Crippen molar-refractivity contribution in [1.29, 1.82) is 0 Å². The largest absolute Gasteiger partial charge is 0.372 e. The van der Waals surface area contributed by atoms with Crippen LogP contribution in [0.5, 0.6) is 0 Å². The lowest BCUT2D eigenvalue weighted by atomic mass is 10.0. The molecule has 1 saturated heterocycles. The third-order valence-corrected chi connectivity index (χ3v) is 6.29.